The molecule has 1 saturated carbocycles. The lowest BCUT2D eigenvalue weighted by Crippen LogP contribution is -2.36. The molecular weight excluding hydrogens is 316 g/mol. The van der Waals surface area contributed by atoms with Crippen LogP contribution in [0.5, 0.6) is 0 Å². The molecule has 1 heterocycles. The number of Topliss-reactive ketones (excluding diaryl/α,β-unsaturated/α-hetero) is 1. The van der Waals surface area contributed by atoms with E-state index in [2.05, 4.69) is 20.6 Å². The van der Waals surface area contributed by atoms with E-state index in [1.807, 2.05) is 6.07 Å². The molecule has 0 spiro atoms. The van der Waals surface area contributed by atoms with Crippen LogP contribution in [0.25, 0.3) is 0 Å². The van der Waals surface area contributed by atoms with Crippen LogP contribution in [0, 0.1) is 0 Å². The number of carbonyl (C=O) groups excluding carboxylic acids is 2. The van der Waals surface area contributed by atoms with Crippen molar-refractivity contribution >= 4 is 23.2 Å². The summed E-state index contributed by atoms with van der Waals surface area (Å²) in [7, 11) is 0. The Kier molecular flexibility index (Phi) is 5.38. The third kappa shape index (κ3) is 4.62. The summed E-state index contributed by atoms with van der Waals surface area (Å²) in [6, 6.07) is 9.02. The summed E-state index contributed by atoms with van der Waals surface area (Å²) < 4.78 is 0. The molecule has 2 N–H and O–H groups in total. The van der Waals surface area contributed by atoms with Crippen molar-refractivity contribution in [2.45, 2.75) is 45.1 Å². The Hall–Kier alpha value is -2.76. The van der Waals surface area contributed by atoms with Crippen LogP contribution in [0.3, 0.4) is 0 Å². The normalized spacial score (nSPS) is 14.8. The molecular formula is C19H22N4O2. The number of nitrogens with one attached hydrogen (secondary N) is 2. The summed E-state index contributed by atoms with van der Waals surface area (Å²) in [5.41, 5.74) is 1.70. The molecule has 0 unspecified atom stereocenters. The molecule has 0 radical (unpaired) electrons. The van der Waals surface area contributed by atoms with Gasteiger partial charge in [-0.2, -0.15) is 0 Å². The van der Waals surface area contributed by atoms with Crippen LogP contribution in [0.15, 0.2) is 36.7 Å². The monoisotopic (exact) mass is 338 g/mol. The van der Waals surface area contributed by atoms with Crippen LogP contribution in [-0.2, 0) is 0 Å². The molecule has 1 aliphatic carbocycles. The van der Waals surface area contributed by atoms with Gasteiger partial charge in [-0.25, -0.2) is 9.97 Å². The molecule has 0 aliphatic heterocycles. The Morgan fingerprint density at radius 2 is 1.88 bits per heavy atom. The van der Waals surface area contributed by atoms with Gasteiger partial charge >= 0.3 is 0 Å². The number of rotatable bonds is 5. The minimum absolute atomic E-state index is 0.00103. The highest BCUT2D eigenvalue weighted by Gasteiger charge is 2.17. The molecule has 6 nitrogen and oxygen atoms in total. The second-order valence-corrected chi connectivity index (χ2v) is 6.36. The van der Waals surface area contributed by atoms with Crippen LogP contribution in [-0.4, -0.2) is 27.7 Å². The number of anilines is 2. The predicted octanol–water partition coefficient (Wildman–Crippen LogP) is 3.49. The van der Waals surface area contributed by atoms with Crippen molar-refractivity contribution in [1.82, 2.24) is 15.3 Å². The Bertz CT molecular complexity index is 770. The maximum absolute atomic E-state index is 12.4. The molecule has 1 aromatic heterocycles. The summed E-state index contributed by atoms with van der Waals surface area (Å²) >= 11 is 0. The Morgan fingerprint density at radius 3 is 2.64 bits per heavy atom. The second-order valence-electron chi connectivity index (χ2n) is 6.36. The van der Waals surface area contributed by atoms with Crippen molar-refractivity contribution in [3.63, 3.8) is 0 Å². The maximum atomic E-state index is 12.4. The van der Waals surface area contributed by atoms with Gasteiger partial charge in [0.2, 0.25) is 0 Å². The minimum atomic E-state index is -0.171. The minimum Gasteiger partial charge on any atom is -0.348 e. The largest absolute Gasteiger partial charge is 0.348 e. The summed E-state index contributed by atoms with van der Waals surface area (Å²) in [6.45, 7) is 1.53. The van der Waals surface area contributed by atoms with Gasteiger partial charge in [0.15, 0.2) is 5.78 Å². The summed E-state index contributed by atoms with van der Waals surface area (Å²) in [6.07, 6.45) is 6.99. The molecule has 1 amide bonds. The first-order chi connectivity index (χ1) is 12.1. The Labute approximate surface area is 147 Å². The number of amides is 1. The van der Waals surface area contributed by atoms with Gasteiger partial charge in [-0.05, 0) is 31.9 Å². The number of hydrogen-bond acceptors (Lipinski definition) is 5. The van der Waals surface area contributed by atoms with Gasteiger partial charge in [-0.15, -0.1) is 0 Å². The summed E-state index contributed by atoms with van der Waals surface area (Å²) in [5.74, 6) is 0.346. The Balaban J connectivity index is 1.69. The zero-order valence-electron chi connectivity index (χ0n) is 14.3. The number of nitrogens with zero attached hydrogens (tertiary/aromatic N) is 2. The first kappa shape index (κ1) is 17.1. The van der Waals surface area contributed by atoms with E-state index in [4.69, 9.17) is 0 Å². The van der Waals surface area contributed by atoms with Crippen LogP contribution < -0.4 is 10.6 Å². The zero-order chi connectivity index (χ0) is 17.6. The van der Waals surface area contributed by atoms with E-state index < -0.39 is 0 Å². The number of hydrogen-bond donors (Lipinski definition) is 2. The molecule has 3 rings (SSSR count). The lowest BCUT2D eigenvalue weighted by Gasteiger charge is -2.22. The second kappa shape index (κ2) is 7.88. The highest BCUT2D eigenvalue weighted by atomic mass is 16.2. The van der Waals surface area contributed by atoms with E-state index in [9.17, 15) is 9.59 Å². The fourth-order valence-corrected chi connectivity index (χ4v) is 3.02. The predicted molar refractivity (Wildman–Crippen MR) is 96.1 cm³/mol. The lowest BCUT2D eigenvalue weighted by atomic mass is 9.95. The van der Waals surface area contributed by atoms with Gasteiger partial charge < -0.3 is 10.6 Å². The van der Waals surface area contributed by atoms with Gasteiger partial charge in [0.25, 0.3) is 5.91 Å². The fraction of sp³-hybridized carbons (Fsp3) is 0.368. The van der Waals surface area contributed by atoms with Gasteiger partial charge in [0.1, 0.15) is 17.8 Å². The average Bonchev–Trinajstić information content (AvgIpc) is 2.63. The van der Waals surface area contributed by atoms with Crippen molar-refractivity contribution in [3.8, 4) is 0 Å². The van der Waals surface area contributed by atoms with Gasteiger partial charge in [0.05, 0.1) is 0 Å². The van der Waals surface area contributed by atoms with Crippen LogP contribution in [0.4, 0.5) is 11.5 Å². The molecule has 25 heavy (non-hydrogen) atoms. The van der Waals surface area contributed by atoms with E-state index in [-0.39, 0.29) is 17.7 Å². The van der Waals surface area contributed by atoms with Crippen molar-refractivity contribution in [1.29, 1.82) is 0 Å². The highest BCUT2D eigenvalue weighted by Crippen LogP contribution is 2.19. The summed E-state index contributed by atoms with van der Waals surface area (Å²) in [5, 5.41) is 6.16. The van der Waals surface area contributed by atoms with Crippen LogP contribution in [0.1, 0.15) is 59.9 Å². The molecule has 1 aliphatic rings. The van der Waals surface area contributed by atoms with E-state index >= 15 is 0 Å². The first-order valence-corrected chi connectivity index (χ1v) is 8.63. The maximum Gasteiger partial charge on any atom is 0.270 e. The van der Waals surface area contributed by atoms with Gasteiger partial charge in [-0.1, -0.05) is 31.4 Å². The molecule has 0 bridgehead atoms. The lowest BCUT2D eigenvalue weighted by molar-refractivity contribution is 0.0922. The fourth-order valence-electron chi connectivity index (χ4n) is 3.02. The molecule has 6 heteroatoms. The van der Waals surface area contributed by atoms with Crippen LogP contribution in [0.2, 0.25) is 0 Å². The number of carbonyl (C=O) groups is 2. The van der Waals surface area contributed by atoms with Crippen molar-refractivity contribution in [3.05, 3.63) is 47.9 Å². The average molecular weight is 338 g/mol. The first-order valence-electron chi connectivity index (χ1n) is 8.63. The van der Waals surface area contributed by atoms with Gasteiger partial charge in [-0.3, -0.25) is 9.59 Å². The topological polar surface area (TPSA) is 84.0 Å². The third-order valence-electron chi connectivity index (χ3n) is 4.38. The standard InChI is InChI=1S/C19H22N4O2/c1-13(24)14-6-5-9-16(10-14)22-18-11-17(20-12-21-18)19(25)23-15-7-3-2-4-8-15/h5-6,9-12,15H,2-4,7-8H2,1H3,(H,23,25)(H,20,21,22). The van der Waals surface area contributed by atoms with E-state index in [0.29, 0.717) is 17.1 Å². The molecule has 1 aromatic carbocycles. The van der Waals surface area contributed by atoms with Crippen LogP contribution >= 0.6 is 0 Å². The van der Waals surface area contributed by atoms with Crippen molar-refractivity contribution in [2.24, 2.45) is 0 Å². The summed E-state index contributed by atoms with van der Waals surface area (Å²) in [4.78, 5) is 32.1. The quantitative estimate of drug-likeness (QED) is 0.815. The van der Waals surface area contributed by atoms with Crippen molar-refractivity contribution in [2.75, 3.05) is 5.32 Å². The molecule has 0 atom stereocenters. The highest BCUT2D eigenvalue weighted by molar-refractivity contribution is 5.95. The molecule has 0 saturated heterocycles. The molecule has 1 fully saturated rings. The van der Waals surface area contributed by atoms with E-state index in [1.54, 1.807) is 24.3 Å². The van der Waals surface area contributed by atoms with E-state index in [0.717, 1.165) is 31.4 Å². The van der Waals surface area contributed by atoms with E-state index in [1.165, 1.54) is 19.7 Å². The number of ketones is 1. The Morgan fingerprint density at radius 1 is 1.08 bits per heavy atom. The molecule has 2 aromatic rings. The number of aromatic nitrogens is 2. The van der Waals surface area contributed by atoms with Crippen molar-refractivity contribution < 1.29 is 9.59 Å². The zero-order valence-corrected chi connectivity index (χ0v) is 14.3. The smallest absolute Gasteiger partial charge is 0.270 e. The molecule has 130 valence electrons. The van der Waals surface area contributed by atoms with Gasteiger partial charge in [0, 0.05) is 23.4 Å². The third-order valence-corrected chi connectivity index (χ3v) is 4.38. The SMILES string of the molecule is CC(=O)c1cccc(Nc2cc(C(=O)NC3CCCCC3)ncn2)c1. The number of benzene rings is 1.